The lowest BCUT2D eigenvalue weighted by Crippen LogP contribution is -2.42. The Kier molecular flexibility index (Phi) is 61.9. The number of hydrogen-bond donors (Lipinski definition) is 3. The average molecular weight is 1720 g/mol. The quantitative estimate of drug-likeness (QED) is 0.0139. The molecule has 3 unspecified atom stereocenters. The van der Waals surface area contributed by atoms with E-state index in [2.05, 4.69) is 59.0 Å². The minimum Gasteiger partial charge on any atom is -0.493 e. The molecule has 0 spiro atoms. The molecular weight excluding hydrogens is 1560 g/mol. The summed E-state index contributed by atoms with van der Waals surface area (Å²) >= 11 is 0. The Bertz CT molecular complexity index is 4030. The van der Waals surface area contributed by atoms with Crippen LogP contribution < -0.4 is 33.2 Å². The largest absolute Gasteiger partial charge is 0.493 e. The summed E-state index contributed by atoms with van der Waals surface area (Å²) in [4.78, 5) is 37.3. The standard InChI is InChI=1S/C25H34O5.C24H33NO4.C23H32O6S.C19H30O5.8CH4/c1-8-18(3)19-9-11-22(12-10-19)29-24(26)25(4,5)30-23-20(15-27-6)13-17(2)14-21(23)16-28-7;1-5-17(4)18-6-8-22(9-7-18)29-11-10-23(28)25-24-20(14-26)12-19(16(2)3)13-21(24)15-27;1-6-18(3)19-7-9-22(10-8-19)29-30(24,25)12-11-28-23-20(15-26-4)13-17(2)14-21(23)16-27-5;1-7-19(3,4)18(20)24-9-8-23-17-15(12-21-5)10-14(2)11-16(17)13-22-6;;;;;;;;/h9-14,18H,8,15-16H2,1-7H3;6-9,12-13,16-17,26-27H,5,10-11,14-15H2,1-4H3,(H,25,28);7-10,13-14,18H,6,11-12,15-16H2,1-5H3;10-11H,7-9,12-13H2,1-6H3;8*1H4. The van der Waals surface area contributed by atoms with Gasteiger partial charge in [-0.2, -0.15) is 8.42 Å². The number of aliphatic hydroxyl groups excluding tert-OH is 2. The van der Waals surface area contributed by atoms with Crippen LogP contribution in [0.5, 0.6) is 34.5 Å². The van der Waals surface area contributed by atoms with Crippen LogP contribution in [0.1, 0.15) is 289 Å². The maximum Gasteiger partial charge on any atom is 0.355 e. The highest BCUT2D eigenvalue weighted by Gasteiger charge is 2.35. The number of esters is 2. The monoisotopic (exact) mass is 1720 g/mol. The molecule has 121 heavy (non-hydrogen) atoms. The van der Waals surface area contributed by atoms with E-state index in [9.17, 15) is 33.0 Å². The van der Waals surface area contributed by atoms with Gasteiger partial charge in [-0.25, -0.2) is 4.79 Å². The Balaban J connectivity index is -0.000000485. The predicted octanol–water partition coefficient (Wildman–Crippen LogP) is 23.6. The van der Waals surface area contributed by atoms with Gasteiger partial charge in [0.2, 0.25) is 11.5 Å². The summed E-state index contributed by atoms with van der Waals surface area (Å²) < 4.78 is 96.2. The first-order valence-corrected chi connectivity index (χ1v) is 40.5. The number of aliphatic hydroxyl groups is 2. The number of hydrogen-bond acceptors (Lipinski definition) is 20. The molecule has 7 aromatic carbocycles. The van der Waals surface area contributed by atoms with Crippen LogP contribution in [0.4, 0.5) is 5.69 Å². The summed E-state index contributed by atoms with van der Waals surface area (Å²) in [6.07, 6.45) is 4.08. The highest BCUT2D eigenvalue weighted by molar-refractivity contribution is 7.87. The second-order valence-electron chi connectivity index (χ2n) is 29.7. The van der Waals surface area contributed by atoms with E-state index in [1.807, 2.05) is 152 Å². The molecular formula is C99H161NO20S. The van der Waals surface area contributed by atoms with Gasteiger partial charge >= 0.3 is 22.1 Å². The Morgan fingerprint density at radius 2 is 0.752 bits per heavy atom. The number of rotatable bonds is 42. The predicted molar refractivity (Wildman–Crippen MR) is 499 cm³/mol. The number of carbonyl (C=O) groups excluding carboxylic acids is 3. The first-order valence-electron chi connectivity index (χ1n) is 38.9. The Morgan fingerprint density at radius 3 is 1.08 bits per heavy atom. The lowest BCUT2D eigenvalue weighted by molar-refractivity contribution is -0.154. The van der Waals surface area contributed by atoms with E-state index in [1.165, 1.54) is 11.1 Å². The van der Waals surface area contributed by atoms with Gasteiger partial charge < -0.3 is 76.6 Å². The molecule has 1 amide bonds. The fourth-order valence-electron chi connectivity index (χ4n) is 11.8. The number of methoxy groups -OCH3 is 6. The van der Waals surface area contributed by atoms with E-state index >= 15 is 0 Å². The van der Waals surface area contributed by atoms with Crippen molar-refractivity contribution >= 4 is 33.7 Å². The van der Waals surface area contributed by atoms with Gasteiger partial charge in [0.1, 0.15) is 60.1 Å². The number of carbonyl (C=O) groups is 3. The van der Waals surface area contributed by atoms with Crippen LogP contribution in [0.15, 0.2) is 121 Å². The molecule has 0 heterocycles. The van der Waals surface area contributed by atoms with Crippen LogP contribution in [0.25, 0.3) is 0 Å². The van der Waals surface area contributed by atoms with E-state index < -0.39 is 27.1 Å². The maximum absolute atomic E-state index is 12.9. The number of nitrogens with one attached hydrogen (secondary N) is 1. The van der Waals surface area contributed by atoms with E-state index in [0.29, 0.717) is 104 Å². The molecule has 3 N–H and O–H groups in total. The molecule has 0 radical (unpaired) electrons. The summed E-state index contributed by atoms with van der Waals surface area (Å²) in [7, 11) is 5.98. The summed E-state index contributed by atoms with van der Waals surface area (Å²) in [5, 5.41) is 22.2. The molecule has 0 aliphatic heterocycles. The first kappa shape index (κ1) is 121. The molecule has 22 heteroatoms. The highest BCUT2D eigenvalue weighted by atomic mass is 32.2. The van der Waals surface area contributed by atoms with Crippen LogP contribution in [-0.4, -0.2) is 117 Å². The lowest BCUT2D eigenvalue weighted by atomic mass is 9.91. The minimum atomic E-state index is -3.79. The zero-order valence-electron chi connectivity index (χ0n) is 71.2. The fraction of sp³-hybridized carbons (Fsp3) is 0.545. The normalized spacial score (nSPS) is 11.4. The third-order valence-corrected chi connectivity index (χ3v) is 20.3. The van der Waals surface area contributed by atoms with Gasteiger partial charge in [-0.1, -0.05) is 223 Å². The third kappa shape index (κ3) is 40.2. The van der Waals surface area contributed by atoms with Gasteiger partial charge in [-0.05, 0) is 156 Å². The second kappa shape index (κ2) is 61.8. The number of anilines is 1. The van der Waals surface area contributed by atoms with Crippen LogP contribution in [-0.2, 0) is 111 Å². The van der Waals surface area contributed by atoms with Crippen molar-refractivity contribution in [3.05, 3.63) is 205 Å². The second-order valence-corrected chi connectivity index (χ2v) is 31.4. The summed E-state index contributed by atoms with van der Waals surface area (Å²) in [5.74, 6) is 3.97. The van der Waals surface area contributed by atoms with Crippen LogP contribution in [0.2, 0.25) is 0 Å². The third-order valence-electron chi connectivity index (χ3n) is 19.2. The Labute approximate surface area is 733 Å². The summed E-state index contributed by atoms with van der Waals surface area (Å²) in [6.45, 7) is 34.8. The van der Waals surface area contributed by atoms with Crippen LogP contribution in [0, 0.1) is 26.2 Å². The van der Waals surface area contributed by atoms with Gasteiger partial charge in [0.05, 0.1) is 77.0 Å². The Hall–Kier alpha value is -8.42. The molecule has 3 atom stereocenters. The zero-order chi connectivity index (χ0) is 84.0. The number of amides is 1. The van der Waals surface area contributed by atoms with Crippen molar-refractivity contribution in [2.75, 3.05) is 80.2 Å². The summed E-state index contributed by atoms with van der Waals surface area (Å²) in [5.41, 5.74) is 13.3. The molecule has 0 aromatic heterocycles. The molecule has 0 saturated heterocycles. The van der Waals surface area contributed by atoms with E-state index in [-0.39, 0.29) is 122 Å². The van der Waals surface area contributed by atoms with Crippen molar-refractivity contribution in [3.63, 3.8) is 0 Å². The van der Waals surface area contributed by atoms with E-state index in [1.54, 1.807) is 68.6 Å². The Morgan fingerprint density at radius 1 is 0.413 bits per heavy atom. The molecule has 0 saturated carbocycles. The average Bonchev–Trinajstić information content (AvgIpc) is 0.811. The first-order chi connectivity index (χ1) is 53.7. The number of aryl methyl sites for hydroxylation is 3. The van der Waals surface area contributed by atoms with Crippen molar-refractivity contribution in [1.82, 2.24) is 0 Å². The molecule has 0 aliphatic rings. The number of ether oxygens (including phenoxy) is 12. The smallest absolute Gasteiger partial charge is 0.355 e. The molecule has 7 rings (SSSR count). The zero-order valence-corrected chi connectivity index (χ0v) is 72.1. The summed E-state index contributed by atoms with van der Waals surface area (Å²) in [6, 6.07) is 38.5. The van der Waals surface area contributed by atoms with Crippen molar-refractivity contribution in [2.24, 2.45) is 5.41 Å². The van der Waals surface area contributed by atoms with Crippen molar-refractivity contribution in [3.8, 4) is 34.5 Å². The van der Waals surface area contributed by atoms with E-state index in [0.717, 1.165) is 98.4 Å². The van der Waals surface area contributed by atoms with Gasteiger partial charge in [-0.15, -0.1) is 0 Å². The molecule has 0 bridgehead atoms. The van der Waals surface area contributed by atoms with Crippen molar-refractivity contribution in [2.45, 2.75) is 284 Å². The minimum absolute atomic E-state index is 0. The van der Waals surface area contributed by atoms with Gasteiger partial charge in [0.25, 0.3) is 0 Å². The van der Waals surface area contributed by atoms with Crippen LogP contribution >= 0.6 is 0 Å². The molecule has 21 nitrogen and oxygen atoms in total. The highest BCUT2D eigenvalue weighted by Crippen LogP contribution is 2.35. The molecule has 7 aromatic rings. The van der Waals surface area contributed by atoms with Crippen LogP contribution in [0.3, 0.4) is 0 Å². The molecule has 0 aliphatic carbocycles. The van der Waals surface area contributed by atoms with Crippen molar-refractivity contribution in [1.29, 1.82) is 0 Å². The van der Waals surface area contributed by atoms with Gasteiger partial charge in [0.15, 0.2) is 0 Å². The molecule has 688 valence electrons. The van der Waals surface area contributed by atoms with Crippen molar-refractivity contribution < 1.29 is 94.0 Å². The topological polar surface area (TPSA) is 258 Å². The molecule has 0 fully saturated rings. The van der Waals surface area contributed by atoms with E-state index in [4.69, 9.17) is 61.0 Å². The van der Waals surface area contributed by atoms with Gasteiger partial charge in [-0.3, -0.25) is 9.59 Å². The maximum atomic E-state index is 12.9. The van der Waals surface area contributed by atoms with Gasteiger partial charge in [0, 0.05) is 87.2 Å². The SMILES string of the molecule is C.C.C.C.C.C.C.C.CCC(C)(C)C(=O)OCCOc1c(COC)cc(C)cc1COC.CCC(C)c1ccc(OC(=O)C(C)(C)Oc2c(COC)cc(C)cc2COC)cc1.CCC(C)c1ccc(OCCC(=O)Nc2c(CO)cc(C(C)C)cc2CO)cc1.CCC(C)c1ccc(OS(=O)(=O)CCOc2c(COC)cc(C)cc2COC)cc1. The lowest BCUT2D eigenvalue weighted by Gasteiger charge is -2.27. The number of benzene rings is 7. The fourth-order valence-corrected chi connectivity index (χ4v) is 12.5.